The van der Waals surface area contributed by atoms with Crippen molar-refractivity contribution in [3.8, 4) is 0 Å². The van der Waals surface area contributed by atoms with Gasteiger partial charge in [-0.25, -0.2) is 9.59 Å². The fraction of sp³-hybridized carbons (Fsp3) is 0.167. The highest BCUT2D eigenvalue weighted by Gasteiger charge is 2.29. The number of rotatable bonds is 8. The number of nitrogens with one attached hydrogen (secondary N) is 2. The standard InChI is InChI=1S/C30H28N4O5/c1-5-34(25(18-35)29(37)33(2)3)22-14-12-21(13-15-22)31-27(19-9-7-6-8-10-19)26-23-16-11-20(30(38)39-4)17-24(23)32-28(26)36/h6-17,31H,5H2,1-4H3,(H,32,36)/b27-26-. The van der Waals surface area contributed by atoms with Gasteiger partial charge in [-0.05, 0) is 48.9 Å². The van der Waals surface area contributed by atoms with E-state index >= 15 is 0 Å². The molecule has 39 heavy (non-hydrogen) atoms. The van der Waals surface area contributed by atoms with Gasteiger partial charge in [-0.1, -0.05) is 36.4 Å². The lowest BCUT2D eigenvalue weighted by molar-refractivity contribution is -0.124. The average molecular weight is 525 g/mol. The minimum atomic E-state index is -0.494. The molecule has 0 saturated carbocycles. The Morgan fingerprint density at radius 3 is 2.26 bits per heavy atom. The van der Waals surface area contributed by atoms with Crippen LogP contribution in [-0.4, -0.2) is 56.4 Å². The van der Waals surface area contributed by atoms with Gasteiger partial charge in [0, 0.05) is 37.6 Å². The lowest BCUT2D eigenvalue weighted by Crippen LogP contribution is -2.35. The Bertz CT molecular complexity index is 1500. The second kappa shape index (κ2) is 11.5. The number of anilines is 3. The molecule has 4 rings (SSSR count). The Morgan fingerprint density at radius 2 is 1.67 bits per heavy atom. The molecule has 3 aromatic carbocycles. The van der Waals surface area contributed by atoms with Crippen molar-refractivity contribution in [2.45, 2.75) is 6.92 Å². The number of carbonyl (C=O) groups excluding carboxylic acids is 4. The molecule has 0 unspecified atom stereocenters. The monoisotopic (exact) mass is 524 g/mol. The maximum Gasteiger partial charge on any atom is 0.337 e. The third-order valence-electron chi connectivity index (χ3n) is 6.24. The zero-order valence-corrected chi connectivity index (χ0v) is 22.1. The third kappa shape index (κ3) is 5.44. The summed E-state index contributed by atoms with van der Waals surface area (Å²) in [5, 5.41) is 6.22. The van der Waals surface area contributed by atoms with Crippen molar-refractivity contribution in [2.75, 3.05) is 43.3 Å². The second-order valence-corrected chi connectivity index (χ2v) is 8.89. The summed E-state index contributed by atoms with van der Waals surface area (Å²) in [5.74, 6) is 0.530. The Morgan fingerprint density at radius 1 is 0.974 bits per heavy atom. The molecule has 0 aromatic heterocycles. The number of ether oxygens (including phenoxy) is 1. The molecular formula is C30H28N4O5. The first-order chi connectivity index (χ1) is 18.8. The van der Waals surface area contributed by atoms with E-state index in [0.717, 1.165) is 5.56 Å². The number of carbonyl (C=O) groups is 3. The van der Waals surface area contributed by atoms with Crippen LogP contribution in [0.15, 0.2) is 78.5 Å². The number of hydrogen-bond donors (Lipinski definition) is 2. The number of amides is 2. The summed E-state index contributed by atoms with van der Waals surface area (Å²) >= 11 is 0. The molecule has 2 amide bonds. The van der Waals surface area contributed by atoms with Crippen molar-refractivity contribution < 1.29 is 23.9 Å². The van der Waals surface area contributed by atoms with Crippen LogP contribution in [0, 0.1) is 0 Å². The van der Waals surface area contributed by atoms with Gasteiger partial charge in [0.25, 0.3) is 11.8 Å². The first-order valence-corrected chi connectivity index (χ1v) is 12.2. The van der Waals surface area contributed by atoms with E-state index in [9.17, 15) is 19.2 Å². The number of esters is 1. The summed E-state index contributed by atoms with van der Waals surface area (Å²) in [7, 11) is 4.46. The summed E-state index contributed by atoms with van der Waals surface area (Å²) in [4.78, 5) is 52.2. The number of fused-ring (bicyclic) bond motifs is 1. The molecule has 0 saturated heterocycles. The van der Waals surface area contributed by atoms with E-state index < -0.39 is 11.9 Å². The van der Waals surface area contributed by atoms with E-state index in [2.05, 4.69) is 10.6 Å². The summed E-state index contributed by atoms with van der Waals surface area (Å²) in [6, 6.07) is 21.5. The maximum atomic E-state index is 13.2. The van der Waals surface area contributed by atoms with Crippen LogP contribution in [0.25, 0.3) is 11.3 Å². The lowest BCUT2D eigenvalue weighted by atomic mass is 9.99. The molecular weight excluding hydrogens is 496 g/mol. The van der Waals surface area contributed by atoms with Gasteiger partial charge < -0.3 is 25.2 Å². The Labute approximate surface area is 226 Å². The fourth-order valence-electron chi connectivity index (χ4n) is 4.31. The molecule has 1 aliphatic heterocycles. The van der Waals surface area contributed by atoms with E-state index in [1.165, 1.54) is 12.0 Å². The molecule has 0 bridgehead atoms. The van der Waals surface area contributed by atoms with E-state index in [1.807, 2.05) is 37.3 Å². The van der Waals surface area contributed by atoms with Gasteiger partial charge in [0.15, 0.2) is 11.6 Å². The molecule has 1 heterocycles. The summed E-state index contributed by atoms with van der Waals surface area (Å²) in [6.07, 6.45) is 0. The molecule has 9 heteroatoms. The van der Waals surface area contributed by atoms with Gasteiger partial charge in [-0.3, -0.25) is 9.59 Å². The predicted molar refractivity (Wildman–Crippen MR) is 151 cm³/mol. The molecule has 9 nitrogen and oxygen atoms in total. The van der Waals surface area contributed by atoms with E-state index in [-0.39, 0.29) is 11.6 Å². The summed E-state index contributed by atoms with van der Waals surface area (Å²) in [5.41, 5.74) is 4.53. The summed E-state index contributed by atoms with van der Waals surface area (Å²) in [6.45, 7) is 2.23. The molecule has 198 valence electrons. The zero-order valence-electron chi connectivity index (χ0n) is 22.1. The van der Waals surface area contributed by atoms with Crippen molar-refractivity contribution in [3.05, 3.63) is 95.2 Å². The van der Waals surface area contributed by atoms with Crippen molar-refractivity contribution in [3.63, 3.8) is 0 Å². The molecule has 1 aliphatic rings. The topological polar surface area (TPSA) is 108 Å². The average Bonchev–Trinajstić information content (AvgIpc) is 3.29. The molecule has 0 atom stereocenters. The zero-order chi connectivity index (χ0) is 28.1. The van der Waals surface area contributed by atoms with Crippen LogP contribution in [0.2, 0.25) is 0 Å². The van der Waals surface area contributed by atoms with Crippen LogP contribution < -0.4 is 15.5 Å². The molecule has 3 aromatic rings. The van der Waals surface area contributed by atoms with Gasteiger partial charge in [0.2, 0.25) is 0 Å². The van der Waals surface area contributed by atoms with Crippen LogP contribution >= 0.6 is 0 Å². The van der Waals surface area contributed by atoms with Crippen LogP contribution in [0.4, 0.5) is 17.1 Å². The minimum Gasteiger partial charge on any atom is -0.465 e. The quantitative estimate of drug-likeness (QED) is 0.260. The number of hydrogen-bond acceptors (Lipinski definition) is 7. The smallest absolute Gasteiger partial charge is 0.337 e. The predicted octanol–water partition coefficient (Wildman–Crippen LogP) is 4.04. The SMILES string of the molecule is CCN(C(=C=O)C(=O)N(C)C)c1ccc(N/C(=C2\C(=O)Nc3cc(C(=O)OC)ccc32)c2ccccc2)cc1. The normalized spacial score (nSPS) is 13.0. The lowest BCUT2D eigenvalue weighted by Gasteiger charge is -2.25. The number of benzene rings is 3. The maximum absolute atomic E-state index is 13.2. The van der Waals surface area contributed by atoms with Crippen LogP contribution in [0.1, 0.15) is 28.4 Å². The molecule has 0 fully saturated rings. The van der Waals surface area contributed by atoms with Crippen LogP contribution in [0.5, 0.6) is 0 Å². The highest BCUT2D eigenvalue weighted by molar-refractivity contribution is 6.37. The fourth-order valence-corrected chi connectivity index (χ4v) is 4.31. The molecule has 0 radical (unpaired) electrons. The van der Waals surface area contributed by atoms with Gasteiger partial charge in [-0.2, -0.15) is 0 Å². The van der Waals surface area contributed by atoms with Crippen LogP contribution in [-0.2, 0) is 19.1 Å². The highest BCUT2D eigenvalue weighted by Crippen LogP contribution is 2.38. The van der Waals surface area contributed by atoms with Crippen molar-refractivity contribution in [1.82, 2.24) is 4.90 Å². The Hall–Kier alpha value is -5.14. The van der Waals surface area contributed by atoms with E-state index in [4.69, 9.17) is 4.74 Å². The second-order valence-electron chi connectivity index (χ2n) is 8.89. The third-order valence-corrected chi connectivity index (χ3v) is 6.24. The Balaban J connectivity index is 1.74. The van der Waals surface area contributed by atoms with Gasteiger partial charge in [0.1, 0.15) is 0 Å². The largest absolute Gasteiger partial charge is 0.465 e. The van der Waals surface area contributed by atoms with Crippen molar-refractivity contribution in [2.24, 2.45) is 0 Å². The molecule has 0 spiro atoms. The first kappa shape index (κ1) is 26.9. The van der Waals surface area contributed by atoms with Gasteiger partial charge in [-0.15, -0.1) is 0 Å². The minimum absolute atomic E-state index is 0.0825. The van der Waals surface area contributed by atoms with E-state index in [1.54, 1.807) is 67.4 Å². The van der Waals surface area contributed by atoms with Gasteiger partial charge >= 0.3 is 5.97 Å². The highest BCUT2D eigenvalue weighted by atomic mass is 16.5. The number of methoxy groups -OCH3 is 1. The molecule has 2 N–H and O–H groups in total. The molecule has 0 aliphatic carbocycles. The van der Waals surface area contributed by atoms with Crippen LogP contribution in [0.3, 0.4) is 0 Å². The number of nitrogens with zero attached hydrogens (tertiary/aromatic N) is 2. The van der Waals surface area contributed by atoms with Crippen molar-refractivity contribution in [1.29, 1.82) is 0 Å². The Kier molecular flexibility index (Phi) is 7.93. The van der Waals surface area contributed by atoms with Crippen molar-refractivity contribution >= 4 is 52.1 Å². The first-order valence-electron chi connectivity index (χ1n) is 12.2. The summed E-state index contributed by atoms with van der Waals surface area (Å²) < 4.78 is 4.80. The van der Waals surface area contributed by atoms with Gasteiger partial charge in [0.05, 0.1) is 29.6 Å². The number of likely N-dealkylation sites (N-methyl/N-ethyl adjacent to an activating group) is 2. The van der Waals surface area contributed by atoms with E-state index in [0.29, 0.717) is 46.0 Å².